The Bertz CT molecular complexity index is 626. The van der Waals surface area contributed by atoms with Crippen molar-refractivity contribution >= 4 is 29.1 Å². The fourth-order valence-electron chi connectivity index (χ4n) is 1.40. The maximum absolute atomic E-state index is 8.54. The van der Waals surface area contributed by atoms with Crippen LogP contribution in [0.25, 0.3) is 0 Å². The summed E-state index contributed by atoms with van der Waals surface area (Å²) < 4.78 is 5.29. The van der Waals surface area contributed by atoms with Gasteiger partial charge in [0.1, 0.15) is 16.8 Å². The molecule has 19 heavy (non-hydrogen) atoms. The topological polar surface area (TPSA) is 96.8 Å². The van der Waals surface area contributed by atoms with Crippen LogP contribution < -0.4 is 15.8 Å². The first-order valence-electron chi connectivity index (χ1n) is 5.34. The first-order valence-corrected chi connectivity index (χ1v) is 5.72. The smallest absolute Gasteiger partial charge is 0.222 e. The van der Waals surface area contributed by atoms with Crippen LogP contribution in [0, 0.1) is 11.3 Å². The van der Waals surface area contributed by atoms with Gasteiger partial charge in [-0.25, -0.2) is 4.98 Å². The average Bonchev–Trinajstić information content (AvgIpc) is 2.42. The largest absolute Gasteiger partial charge is 0.477 e. The normalized spacial score (nSPS) is 9.68. The summed E-state index contributed by atoms with van der Waals surface area (Å²) >= 11 is 5.97. The lowest BCUT2D eigenvalue weighted by molar-refractivity contribution is 0.370. The minimum Gasteiger partial charge on any atom is -0.477 e. The summed E-state index contributed by atoms with van der Waals surface area (Å²) in [4.78, 5) is 7.77. The van der Waals surface area contributed by atoms with Gasteiger partial charge in [-0.2, -0.15) is 10.2 Å². The van der Waals surface area contributed by atoms with Crippen LogP contribution in [-0.4, -0.2) is 16.6 Å². The molecule has 0 amide bonds. The van der Waals surface area contributed by atoms with E-state index in [0.717, 1.165) is 0 Å². The van der Waals surface area contributed by atoms with Crippen LogP contribution in [0.15, 0.2) is 30.5 Å². The molecule has 0 atom stereocenters. The molecule has 0 aliphatic heterocycles. The highest BCUT2D eigenvalue weighted by Crippen LogP contribution is 2.29. The summed E-state index contributed by atoms with van der Waals surface area (Å²) in [6.45, 7) is -0.0433. The quantitative estimate of drug-likeness (QED) is 0.889. The molecular weight excluding hydrogens is 266 g/mol. The van der Waals surface area contributed by atoms with Crippen LogP contribution in [-0.2, 0) is 0 Å². The van der Waals surface area contributed by atoms with Crippen molar-refractivity contribution < 1.29 is 4.74 Å². The Balaban J connectivity index is 2.28. The summed E-state index contributed by atoms with van der Waals surface area (Å²) in [6.07, 6.45) is 1.41. The zero-order valence-corrected chi connectivity index (χ0v) is 10.6. The van der Waals surface area contributed by atoms with Gasteiger partial charge in [-0.3, -0.25) is 0 Å². The Hall–Kier alpha value is -2.52. The molecule has 7 heteroatoms. The number of nitrogens with one attached hydrogen (secondary N) is 1. The Labute approximate surface area is 114 Å². The summed E-state index contributed by atoms with van der Waals surface area (Å²) in [5, 5.41) is 11.9. The lowest BCUT2D eigenvalue weighted by Gasteiger charge is -2.11. The number of benzene rings is 1. The van der Waals surface area contributed by atoms with Crippen molar-refractivity contribution in [2.75, 3.05) is 17.7 Å². The Kier molecular flexibility index (Phi) is 4.00. The molecule has 0 saturated carbocycles. The average molecular weight is 276 g/mol. The highest BCUT2D eigenvalue weighted by Gasteiger charge is 2.08. The number of rotatable bonds is 4. The van der Waals surface area contributed by atoms with Gasteiger partial charge in [-0.15, -0.1) is 0 Å². The lowest BCUT2D eigenvalue weighted by atomic mass is 10.3. The van der Waals surface area contributed by atoms with E-state index in [0.29, 0.717) is 22.3 Å². The van der Waals surface area contributed by atoms with Gasteiger partial charge in [-0.05, 0) is 12.1 Å². The third kappa shape index (κ3) is 3.24. The molecule has 0 spiro atoms. The number of hydrogen-bond donors (Lipinski definition) is 2. The van der Waals surface area contributed by atoms with Gasteiger partial charge in [0.25, 0.3) is 0 Å². The van der Waals surface area contributed by atoms with E-state index in [9.17, 15) is 0 Å². The lowest BCUT2D eigenvalue weighted by Crippen LogP contribution is -2.02. The van der Waals surface area contributed by atoms with Gasteiger partial charge >= 0.3 is 0 Å². The van der Waals surface area contributed by atoms with Crippen molar-refractivity contribution in [2.45, 2.75) is 0 Å². The Morgan fingerprint density at radius 3 is 3.00 bits per heavy atom. The van der Waals surface area contributed by atoms with Crippen molar-refractivity contribution in [2.24, 2.45) is 0 Å². The second-order valence-corrected chi connectivity index (χ2v) is 3.90. The summed E-state index contributed by atoms with van der Waals surface area (Å²) in [5.74, 6) is 1.02. The van der Waals surface area contributed by atoms with Crippen molar-refractivity contribution in [3.63, 3.8) is 0 Å². The van der Waals surface area contributed by atoms with Crippen LogP contribution in [0.5, 0.6) is 5.75 Å². The molecule has 96 valence electrons. The van der Waals surface area contributed by atoms with Crippen LogP contribution >= 0.6 is 11.6 Å². The second-order valence-electron chi connectivity index (χ2n) is 3.49. The van der Waals surface area contributed by atoms with Gasteiger partial charge in [0.15, 0.2) is 12.4 Å². The number of aromatic nitrogens is 2. The van der Waals surface area contributed by atoms with Crippen LogP contribution in [0.4, 0.5) is 17.5 Å². The number of anilines is 3. The molecule has 1 heterocycles. The van der Waals surface area contributed by atoms with Crippen LogP contribution in [0.3, 0.4) is 0 Å². The first-order chi connectivity index (χ1) is 9.20. The second kappa shape index (κ2) is 5.89. The Morgan fingerprint density at radius 2 is 2.21 bits per heavy atom. The molecule has 0 radical (unpaired) electrons. The molecule has 1 aromatic heterocycles. The minimum absolute atomic E-state index is 0.0433. The monoisotopic (exact) mass is 275 g/mol. The van der Waals surface area contributed by atoms with E-state index in [4.69, 9.17) is 27.3 Å². The molecule has 6 nitrogen and oxygen atoms in total. The molecule has 0 fully saturated rings. The van der Waals surface area contributed by atoms with Gasteiger partial charge in [-0.1, -0.05) is 23.7 Å². The molecule has 0 saturated heterocycles. The molecule has 0 unspecified atom stereocenters. The first kappa shape index (κ1) is 12.9. The zero-order valence-electron chi connectivity index (χ0n) is 9.80. The maximum Gasteiger partial charge on any atom is 0.222 e. The number of halogens is 1. The van der Waals surface area contributed by atoms with E-state index in [2.05, 4.69) is 15.3 Å². The third-order valence-electron chi connectivity index (χ3n) is 2.20. The summed E-state index contributed by atoms with van der Waals surface area (Å²) in [6, 6.07) is 9.04. The predicted molar refractivity (Wildman–Crippen MR) is 72.3 cm³/mol. The number of para-hydroxylation sites is 2. The molecule has 0 bridgehead atoms. The zero-order chi connectivity index (χ0) is 13.7. The van der Waals surface area contributed by atoms with Crippen molar-refractivity contribution in [1.82, 2.24) is 9.97 Å². The molecule has 2 aromatic rings. The van der Waals surface area contributed by atoms with Crippen LogP contribution in [0.1, 0.15) is 0 Å². The Morgan fingerprint density at radius 1 is 1.42 bits per heavy atom. The van der Waals surface area contributed by atoms with E-state index in [1.807, 2.05) is 12.1 Å². The molecule has 0 aliphatic carbocycles. The van der Waals surface area contributed by atoms with Gasteiger partial charge in [0, 0.05) is 0 Å². The van der Waals surface area contributed by atoms with E-state index in [-0.39, 0.29) is 12.6 Å². The molecule has 2 rings (SSSR count). The summed E-state index contributed by atoms with van der Waals surface area (Å²) in [7, 11) is 0. The molecule has 3 N–H and O–H groups in total. The number of hydrogen-bond acceptors (Lipinski definition) is 6. The fraction of sp³-hybridized carbons (Fsp3) is 0.0833. The van der Waals surface area contributed by atoms with Crippen LogP contribution in [0.2, 0.25) is 5.02 Å². The van der Waals surface area contributed by atoms with Crippen molar-refractivity contribution in [3.8, 4) is 11.8 Å². The number of nitrogens with two attached hydrogens (primary N) is 1. The number of ether oxygens (including phenoxy) is 1. The van der Waals surface area contributed by atoms with E-state index in [1.54, 1.807) is 18.2 Å². The SMILES string of the molecule is N#CCOc1ccccc1Nc1nc(N)ncc1Cl. The molecule has 1 aromatic carbocycles. The van der Waals surface area contributed by atoms with E-state index >= 15 is 0 Å². The molecule has 0 aliphatic rings. The van der Waals surface area contributed by atoms with Gasteiger partial charge < -0.3 is 15.8 Å². The third-order valence-corrected chi connectivity index (χ3v) is 2.47. The summed E-state index contributed by atoms with van der Waals surface area (Å²) in [5.41, 5.74) is 6.14. The fourth-order valence-corrected chi connectivity index (χ4v) is 1.54. The number of nitrogen functional groups attached to an aromatic ring is 1. The highest BCUT2D eigenvalue weighted by molar-refractivity contribution is 6.32. The van der Waals surface area contributed by atoms with Crippen molar-refractivity contribution in [3.05, 3.63) is 35.5 Å². The van der Waals surface area contributed by atoms with Gasteiger partial charge in [0.05, 0.1) is 11.9 Å². The van der Waals surface area contributed by atoms with Gasteiger partial charge in [0.2, 0.25) is 5.95 Å². The highest BCUT2D eigenvalue weighted by atomic mass is 35.5. The van der Waals surface area contributed by atoms with Crippen molar-refractivity contribution in [1.29, 1.82) is 5.26 Å². The standard InChI is InChI=1S/C12H10ClN5O/c13-8-7-16-12(15)18-11(8)17-9-3-1-2-4-10(9)19-6-5-14/h1-4,7H,6H2,(H3,15,16,17,18). The predicted octanol–water partition coefficient (Wildman–Crippen LogP) is 2.36. The van der Waals surface area contributed by atoms with E-state index < -0.39 is 0 Å². The minimum atomic E-state index is -0.0433. The maximum atomic E-state index is 8.54. The number of nitrogens with zero attached hydrogens (tertiary/aromatic N) is 3. The molecular formula is C12H10ClN5O. The van der Waals surface area contributed by atoms with E-state index in [1.165, 1.54) is 6.20 Å². The number of nitriles is 1.